The van der Waals surface area contributed by atoms with Crippen LogP contribution in [0.2, 0.25) is 0 Å². The van der Waals surface area contributed by atoms with Crippen molar-refractivity contribution in [2.24, 2.45) is 0 Å². The Morgan fingerprint density at radius 3 is 2.36 bits per heavy atom. The number of hydrogen-bond donors (Lipinski definition) is 0. The van der Waals surface area contributed by atoms with E-state index in [1.165, 1.54) is 23.9 Å². The molecule has 1 amide bonds. The van der Waals surface area contributed by atoms with Gasteiger partial charge in [-0.2, -0.15) is 0 Å². The standard InChI is InChI=1S/C21H27FN4OS/c1-21(2,3)19-12-25(24-23-19)17-10-15-6-7-16(11-17)26(15)20(27)13-28-18-8-4-14(22)5-9-18/h4-5,8-9,12,15-17H,6-7,10-11,13H2,1-3H3. The Kier molecular flexibility index (Phi) is 5.21. The zero-order chi connectivity index (χ0) is 19.9. The van der Waals surface area contributed by atoms with E-state index in [0.717, 1.165) is 36.3 Å². The van der Waals surface area contributed by atoms with E-state index in [1.54, 1.807) is 12.1 Å². The number of aromatic nitrogens is 3. The van der Waals surface area contributed by atoms with Gasteiger partial charge in [-0.15, -0.1) is 16.9 Å². The van der Waals surface area contributed by atoms with E-state index in [-0.39, 0.29) is 29.2 Å². The van der Waals surface area contributed by atoms with Crippen LogP contribution in [0.3, 0.4) is 0 Å². The van der Waals surface area contributed by atoms with Crippen LogP contribution in [0.4, 0.5) is 4.39 Å². The van der Waals surface area contributed by atoms with Crippen molar-refractivity contribution in [3.8, 4) is 0 Å². The zero-order valence-electron chi connectivity index (χ0n) is 16.6. The highest BCUT2D eigenvalue weighted by Gasteiger charge is 2.43. The number of piperidine rings is 1. The third kappa shape index (κ3) is 3.95. The Labute approximate surface area is 169 Å². The van der Waals surface area contributed by atoms with Crippen LogP contribution in [0.15, 0.2) is 35.4 Å². The number of amides is 1. The molecule has 0 saturated carbocycles. The highest BCUT2D eigenvalue weighted by atomic mass is 32.2. The molecular weight excluding hydrogens is 375 g/mol. The number of halogens is 1. The van der Waals surface area contributed by atoms with E-state index < -0.39 is 0 Å². The quantitative estimate of drug-likeness (QED) is 0.719. The van der Waals surface area contributed by atoms with Gasteiger partial charge in [-0.25, -0.2) is 9.07 Å². The first-order chi connectivity index (χ1) is 13.3. The van der Waals surface area contributed by atoms with E-state index in [4.69, 9.17) is 0 Å². The van der Waals surface area contributed by atoms with E-state index in [0.29, 0.717) is 11.8 Å². The Morgan fingerprint density at radius 2 is 1.79 bits per heavy atom. The molecule has 2 unspecified atom stereocenters. The summed E-state index contributed by atoms with van der Waals surface area (Å²) in [5.74, 6) is 0.341. The molecule has 4 rings (SSSR count). The minimum atomic E-state index is -0.251. The number of fused-ring (bicyclic) bond motifs is 2. The van der Waals surface area contributed by atoms with E-state index in [2.05, 4.69) is 42.2 Å². The summed E-state index contributed by atoms with van der Waals surface area (Å²) >= 11 is 1.48. The molecule has 5 nitrogen and oxygen atoms in total. The molecule has 2 fully saturated rings. The van der Waals surface area contributed by atoms with Crippen LogP contribution < -0.4 is 0 Å². The molecule has 0 aliphatic carbocycles. The lowest BCUT2D eigenvalue weighted by atomic mass is 9.93. The van der Waals surface area contributed by atoms with Crippen LogP contribution in [0.25, 0.3) is 0 Å². The normalized spacial score (nSPS) is 24.6. The highest BCUT2D eigenvalue weighted by Crippen LogP contribution is 2.41. The largest absolute Gasteiger partial charge is 0.336 e. The van der Waals surface area contributed by atoms with Crippen LogP contribution in [0, 0.1) is 5.82 Å². The summed E-state index contributed by atoms with van der Waals surface area (Å²) in [6.07, 6.45) is 6.09. The summed E-state index contributed by atoms with van der Waals surface area (Å²) < 4.78 is 15.0. The van der Waals surface area contributed by atoms with Crippen molar-refractivity contribution < 1.29 is 9.18 Å². The maximum absolute atomic E-state index is 13.0. The molecule has 28 heavy (non-hydrogen) atoms. The van der Waals surface area contributed by atoms with Gasteiger partial charge in [-0.3, -0.25) is 4.79 Å². The monoisotopic (exact) mass is 402 g/mol. The molecule has 1 aromatic carbocycles. The van der Waals surface area contributed by atoms with Crippen molar-refractivity contribution in [1.29, 1.82) is 0 Å². The molecule has 7 heteroatoms. The van der Waals surface area contributed by atoms with Gasteiger partial charge in [0, 0.05) is 28.6 Å². The zero-order valence-corrected chi connectivity index (χ0v) is 17.5. The van der Waals surface area contributed by atoms with E-state index >= 15 is 0 Å². The average Bonchev–Trinajstić information content (AvgIpc) is 3.24. The fourth-order valence-electron chi connectivity index (χ4n) is 4.32. The number of carbonyl (C=O) groups is 1. The fraction of sp³-hybridized carbons (Fsp3) is 0.571. The van der Waals surface area contributed by atoms with Gasteiger partial charge in [-0.05, 0) is 49.9 Å². The van der Waals surface area contributed by atoms with Gasteiger partial charge < -0.3 is 4.90 Å². The number of hydrogen-bond acceptors (Lipinski definition) is 4. The molecule has 2 saturated heterocycles. The second kappa shape index (κ2) is 7.50. The molecule has 2 aliphatic rings. The first kappa shape index (κ1) is 19.4. The molecule has 2 atom stereocenters. The Hall–Kier alpha value is -1.89. The SMILES string of the molecule is CC(C)(C)c1cn(C2CC3CCC(C2)N3C(=O)CSc2ccc(F)cc2)nn1. The van der Waals surface area contributed by atoms with Gasteiger partial charge in [-0.1, -0.05) is 26.0 Å². The predicted octanol–water partition coefficient (Wildman–Crippen LogP) is 4.20. The van der Waals surface area contributed by atoms with Gasteiger partial charge in [0.25, 0.3) is 0 Å². The van der Waals surface area contributed by atoms with Crippen LogP contribution in [-0.4, -0.2) is 43.6 Å². The molecule has 1 aromatic heterocycles. The van der Waals surface area contributed by atoms with Gasteiger partial charge >= 0.3 is 0 Å². The van der Waals surface area contributed by atoms with Crippen molar-refractivity contribution in [2.45, 2.75) is 74.9 Å². The summed E-state index contributed by atoms with van der Waals surface area (Å²) in [5.41, 5.74) is 1.000. The summed E-state index contributed by atoms with van der Waals surface area (Å²) in [6.45, 7) is 6.43. The summed E-state index contributed by atoms with van der Waals surface area (Å²) in [6, 6.07) is 7.21. The predicted molar refractivity (Wildman–Crippen MR) is 108 cm³/mol. The third-order valence-corrected chi connectivity index (χ3v) is 6.82. The lowest BCUT2D eigenvalue weighted by molar-refractivity contribution is -0.133. The number of nitrogens with zero attached hydrogens (tertiary/aromatic N) is 4. The Morgan fingerprint density at radius 1 is 1.14 bits per heavy atom. The van der Waals surface area contributed by atoms with Gasteiger partial charge in [0.05, 0.1) is 17.5 Å². The molecule has 2 aliphatic heterocycles. The van der Waals surface area contributed by atoms with Crippen molar-refractivity contribution in [3.63, 3.8) is 0 Å². The third-order valence-electron chi connectivity index (χ3n) is 5.82. The highest BCUT2D eigenvalue weighted by molar-refractivity contribution is 8.00. The van der Waals surface area contributed by atoms with Crippen molar-refractivity contribution in [2.75, 3.05) is 5.75 Å². The van der Waals surface area contributed by atoms with Crippen LogP contribution in [0.1, 0.15) is 58.2 Å². The number of carbonyl (C=O) groups excluding carboxylic acids is 1. The van der Waals surface area contributed by atoms with Crippen molar-refractivity contribution in [1.82, 2.24) is 19.9 Å². The molecule has 0 radical (unpaired) electrons. The lowest BCUT2D eigenvalue weighted by Gasteiger charge is -2.38. The van der Waals surface area contributed by atoms with E-state index in [1.807, 2.05) is 4.68 Å². The number of thioether (sulfide) groups is 1. The molecule has 2 aromatic rings. The molecule has 0 N–H and O–H groups in total. The molecular formula is C21H27FN4OS. The molecule has 0 spiro atoms. The first-order valence-corrected chi connectivity index (χ1v) is 10.9. The minimum Gasteiger partial charge on any atom is -0.336 e. The maximum Gasteiger partial charge on any atom is 0.233 e. The Bertz CT molecular complexity index is 831. The number of rotatable bonds is 4. The summed E-state index contributed by atoms with van der Waals surface area (Å²) in [4.78, 5) is 15.9. The summed E-state index contributed by atoms with van der Waals surface area (Å²) in [7, 11) is 0. The minimum absolute atomic E-state index is 0.00846. The van der Waals surface area contributed by atoms with Crippen LogP contribution in [0.5, 0.6) is 0 Å². The van der Waals surface area contributed by atoms with Gasteiger partial charge in [0.2, 0.25) is 5.91 Å². The van der Waals surface area contributed by atoms with Crippen molar-refractivity contribution >= 4 is 17.7 Å². The molecule has 2 bridgehead atoms. The van der Waals surface area contributed by atoms with Crippen LogP contribution >= 0.6 is 11.8 Å². The second-order valence-electron chi connectivity index (χ2n) is 8.89. The first-order valence-electron chi connectivity index (χ1n) is 9.93. The second-order valence-corrected chi connectivity index (χ2v) is 9.94. The van der Waals surface area contributed by atoms with Crippen LogP contribution in [-0.2, 0) is 10.2 Å². The lowest BCUT2D eigenvalue weighted by Crippen LogP contribution is -2.47. The van der Waals surface area contributed by atoms with E-state index in [9.17, 15) is 9.18 Å². The molecule has 150 valence electrons. The Balaban J connectivity index is 1.39. The fourth-order valence-corrected chi connectivity index (χ4v) is 5.09. The van der Waals surface area contributed by atoms with Crippen molar-refractivity contribution in [3.05, 3.63) is 42.0 Å². The average molecular weight is 403 g/mol. The molecule has 3 heterocycles. The number of benzene rings is 1. The summed E-state index contributed by atoms with van der Waals surface area (Å²) in [5, 5.41) is 8.74. The maximum atomic E-state index is 13.0. The smallest absolute Gasteiger partial charge is 0.233 e. The van der Waals surface area contributed by atoms with Gasteiger partial charge in [0.15, 0.2) is 0 Å². The van der Waals surface area contributed by atoms with Gasteiger partial charge in [0.1, 0.15) is 5.82 Å². The topological polar surface area (TPSA) is 51.0 Å².